The molecule has 0 bridgehead atoms. The van der Waals surface area contributed by atoms with Gasteiger partial charge in [-0.15, -0.1) is 0 Å². The molecule has 2 fully saturated rings. The summed E-state index contributed by atoms with van der Waals surface area (Å²) in [5.41, 5.74) is 2.19. The number of hydrogen-bond acceptors (Lipinski definition) is 0. The van der Waals surface area contributed by atoms with Crippen LogP contribution in [0.2, 0.25) is 0 Å². The molecule has 0 aromatic heterocycles. The van der Waals surface area contributed by atoms with Crippen molar-refractivity contribution in [2.24, 2.45) is 0 Å². The fourth-order valence-electron chi connectivity index (χ4n) is 2.76. The van der Waals surface area contributed by atoms with E-state index in [-0.39, 0.29) is 51.4 Å². The van der Waals surface area contributed by atoms with Crippen LogP contribution in [0.5, 0.6) is 0 Å². The fraction of sp³-hybridized carbons (Fsp3) is 1.00. The average Bonchev–Trinajstić information content (AvgIpc) is 2.21. The van der Waals surface area contributed by atoms with Crippen LogP contribution in [0, 0.1) is 0 Å². The third-order valence-electron chi connectivity index (χ3n) is 3.57. The van der Waals surface area contributed by atoms with E-state index >= 15 is 0 Å². The van der Waals surface area contributed by atoms with E-state index in [2.05, 4.69) is 0 Å². The predicted molar refractivity (Wildman–Crippen MR) is 60.7 cm³/mol. The molecule has 2 aliphatic carbocycles. The summed E-state index contributed by atoms with van der Waals surface area (Å²) in [6.07, 6.45) is 15.3. The van der Waals surface area contributed by atoms with E-state index in [0.717, 1.165) is 11.3 Å². The van der Waals surface area contributed by atoms with Crippen molar-refractivity contribution in [1.82, 2.24) is 0 Å². The van der Waals surface area contributed by atoms with E-state index in [1.165, 1.54) is 64.2 Å². The molecular formula is C12H22KP. The van der Waals surface area contributed by atoms with Crippen LogP contribution in [-0.2, 0) is 0 Å². The second-order valence-electron chi connectivity index (χ2n) is 4.73. The van der Waals surface area contributed by atoms with Crippen molar-refractivity contribution in [2.75, 3.05) is 0 Å². The van der Waals surface area contributed by atoms with Crippen LogP contribution in [-0.4, -0.2) is 11.3 Å². The smallest absolute Gasteiger partial charge is 0.533 e. The first-order valence-corrected chi connectivity index (χ1v) is 7.18. The zero-order valence-electron chi connectivity index (χ0n) is 9.67. The normalized spacial score (nSPS) is 25.7. The maximum absolute atomic E-state index is 1.84. The molecule has 0 spiro atoms. The molecule has 0 aliphatic heterocycles. The largest absolute Gasteiger partial charge is 1.00 e. The molecule has 2 aliphatic rings. The summed E-state index contributed by atoms with van der Waals surface area (Å²) < 4.78 is 0. The summed E-state index contributed by atoms with van der Waals surface area (Å²) in [6.45, 7) is 0. The topological polar surface area (TPSA) is 0 Å². The van der Waals surface area contributed by atoms with E-state index in [1.807, 2.05) is 8.58 Å². The van der Waals surface area contributed by atoms with Crippen LogP contribution in [0.15, 0.2) is 0 Å². The molecule has 0 heterocycles. The van der Waals surface area contributed by atoms with E-state index in [1.54, 1.807) is 0 Å². The fourth-order valence-corrected chi connectivity index (χ4v) is 4.68. The van der Waals surface area contributed by atoms with Gasteiger partial charge in [-0.25, -0.2) is 0 Å². The van der Waals surface area contributed by atoms with Crippen LogP contribution < -0.4 is 51.4 Å². The van der Waals surface area contributed by atoms with Gasteiger partial charge < -0.3 is 8.58 Å². The Labute approximate surface area is 134 Å². The molecule has 76 valence electrons. The van der Waals surface area contributed by atoms with Gasteiger partial charge in [0, 0.05) is 0 Å². The Morgan fingerprint density at radius 1 is 0.571 bits per heavy atom. The van der Waals surface area contributed by atoms with Gasteiger partial charge in [-0.2, -0.15) is 11.3 Å². The standard InChI is InChI=1S/C12H22P.K/c1-3-7-11(8-4-1)13-12-9-5-2-6-10-12;/h11-12H,1-10H2;/q-1;+1. The minimum atomic E-state index is 0. The van der Waals surface area contributed by atoms with Crippen molar-refractivity contribution in [3.63, 3.8) is 0 Å². The van der Waals surface area contributed by atoms with Gasteiger partial charge in [-0.05, 0) is 0 Å². The van der Waals surface area contributed by atoms with Crippen LogP contribution in [0.1, 0.15) is 64.2 Å². The molecule has 0 aromatic carbocycles. The van der Waals surface area contributed by atoms with Gasteiger partial charge >= 0.3 is 51.4 Å². The van der Waals surface area contributed by atoms with Crippen LogP contribution >= 0.6 is 8.58 Å². The zero-order valence-corrected chi connectivity index (χ0v) is 13.7. The Kier molecular flexibility index (Phi) is 8.28. The van der Waals surface area contributed by atoms with Crippen LogP contribution in [0.25, 0.3) is 0 Å². The van der Waals surface area contributed by atoms with Crippen LogP contribution in [0.3, 0.4) is 0 Å². The van der Waals surface area contributed by atoms with E-state index < -0.39 is 0 Å². The molecule has 0 unspecified atom stereocenters. The summed E-state index contributed by atoms with van der Waals surface area (Å²) >= 11 is 0. The minimum absolute atomic E-state index is 0. The molecule has 0 atom stereocenters. The van der Waals surface area contributed by atoms with Gasteiger partial charge in [0.2, 0.25) is 0 Å². The predicted octanol–water partition coefficient (Wildman–Crippen LogP) is 1.60. The van der Waals surface area contributed by atoms with Gasteiger partial charge in [-0.1, -0.05) is 64.2 Å². The Balaban J connectivity index is 0.000000980. The SMILES string of the molecule is C1CCC([P-]C2CCCCC2)CC1.[K+]. The zero-order chi connectivity index (χ0) is 8.93. The summed E-state index contributed by atoms with van der Waals surface area (Å²) in [5, 5.41) is 0. The second-order valence-corrected chi connectivity index (χ2v) is 6.49. The van der Waals surface area contributed by atoms with E-state index in [4.69, 9.17) is 0 Å². The summed E-state index contributed by atoms with van der Waals surface area (Å²) in [5.74, 6) is 0. The summed E-state index contributed by atoms with van der Waals surface area (Å²) in [6, 6.07) is 0. The minimum Gasteiger partial charge on any atom is -0.533 e. The molecule has 0 N–H and O–H groups in total. The van der Waals surface area contributed by atoms with Gasteiger partial charge in [-0.3, -0.25) is 0 Å². The third-order valence-corrected chi connectivity index (χ3v) is 5.45. The third kappa shape index (κ3) is 4.93. The van der Waals surface area contributed by atoms with Crippen molar-refractivity contribution in [1.29, 1.82) is 0 Å². The van der Waals surface area contributed by atoms with Crippen LogP contribution in [0.4, 0.5) is 0 Å². The Hall–Kier alpha value is 2.07. The van der Waals surface area contributed by atoms with Crippen molar-refractivity contribution >= 4 is 8.58 Å². The summed E-state index contributed by atoms with van der Waals surface area (Å²) in [4.78, 5) is 0. The Morgan fingerprint density at radius 3 is 1.29 bits per heavy atom. The molecular weight excluding hydrogens is 214 g/mol. The molecule has 0 amide bonds. The van der Waals surface area contributed by atoms with Gasteiger partial charge in [0.05, 0.1) is 0 Å². The second kappa shape index (κ2) is 8.20. The Bertz CT molecular complexity index is 121. The average molecular weight is 236 g/mol. The molecule has 2 rings (SSSR count). The van der Waals surface area contributed by atoms with Gasteiger partial charge in [0.25, 0.3) is 0 Å². The van der Waals surface area contributed by atoms with Crippen molar-refractivity contribution in [3.8, 4) is 0 Å². The van der Waals surface area contributed by atoms with E-state index in [0.29, 0.717) is 0 Å². The molecule has 0 radical (unpaired) electrons. The van der Waals surface area contributed by atoms with Crippen molar-refractivity contribution < 1.29 is 51.4 Å². The maximum Gasteiger partial charge on any atom is 1.00 e. The van der Waals surface area contributed by atoms with Gasteiger partial charge in [0.15, 0.2) is 0 Å². The molecule has 14 heavy (non-hydrogen) atoms. The molecule has 2 saturated carbocycles. The van der Waals surface area contributed by atoms with Crippen molar-refractivity contribution in [3.05, 3.63) is 0 Å². The first-order chi connectivity index (χ1) is 6.45. The first-order valence-electron chi connectivity index (χ1n) is 6.15. The van der Waals surface area contributed by atoms with Gasteiger partial charge in [0.1, 0.15) is 0 Å². The number of rotatable bonds is 2. The quantitative estimate of drug-likeness (QED) is 0.505. The summed E-state index contributed by atoms with van der Waals surface area (Å²) in [7, 11) is 1.84. The van der Waals surface area contributed by atoms with E-state index in [9.17, 15) is 0 Å². The Morgan fingerprint density at radius 2 is 0.929 bits per heavy atom. The monoisotopic (exact) mass is 236 g/mol. The molecule has 0 aromatic rings. The van der Waals surface area contributed by atoms with Crippen molar-refractivity contribution in [2.45, 2.75) is 75.5 Å². The molecule has 0 saturated heterocycles. The maximum atomic E-state index is 1.84. The molecule has 2 heteroatoms. The number of hydrogen-bond donors (Lipinski definition) is 0. The first kappa shape index (κ1) is 14.1. The molecule has 0 nitrogen and oxygen atoms in total.